The molecule has 0 unspecified atom stereocenters. The van der Waals surface area contributed by atoms with Crippen LogP contribution < -0.4 is 0 Å². The summed E-state index contributed by atoms with van der Waals surface area (Å²) in [5.74, 6) is 0. The van der Waals surface area contributed by atoms with E-state index in [0.29, 0.717) is 6.54 Å². The van der Waals surface area contributed by atoms with Crippen LogP contribution in [0.15, 0.2) is 24.8 Å². The van der Waals surface area contributed by atoms with Crippen LogP contribution in [0.3, 0.4) is 0 Å². The first-order valence-electron chi connectivity index (χ1n) is 5.17. The molecule has 0 aliphatic rings. The van der Waals surface area contributed by atoms with Crippen molar-refractivity contribution in [3.8, 4) is 0 Å². The minimum absolute atomic E-state index is 0.154. The van der Waals surface area contributed by atoms with Crippen molar-refractivity contribution in [2.24, 2.45) is 7.05 Å². The number of aromatic nitrogens is 4. The molecule has 0 amide bonds. The molecule has 0 fully saturated rings. The summed E-state index contributed by atoms with van der Waals surface area (Å²) in [6.07, 6.45) is 7.48. The van der Waals surface area contributed by atoms with Crippen molar-refractivity contribution < 1.29 is 5.11 Å². The topological polar surface area (TPSA) is 55.9 Å². The molecule has 0 aliphatic carbocycles. The SMILES string of the molecule is Cc1cnn(C)c1.Cc1cnn(CCO)c1. The van der Waals surface area contributed by atoms with Gasteiger partial charge in [-0.3, -0.25) is 9.36 Å². The van der Waals surface area contributed by atoms with Crippen molar-refractivity contribution in [3.63, 3.8) is 0 Å². The van der Waals surface area contributed by atoms with Gasteiger partial charge in [0.2, 0.25) is 0 Å². The van der Waals surface area contributed by atoms with E-state index in [1.165, 1.54) is 5.56 Å². The summed E-state index contributed by atoms with van der Waals surface area (Å²) in [4.78, 5) is 0. The number of hydrogen-bond acceptors (Lipinski definition) is 3. The van der Waals surface area contributed by atoms with E-state index in [1.807, 2.05) is 39.5 Å². The van der Waals surface area contributed by atoms with Crippen molar-refractivity contribution >= 4 is 0 Å². The van der Waals surface area contributed by atoms with Crippen molar-refractivity contribution in [2.45, 2.75) is 20.4 Å². The van der Waals surface area contributed by atoms with Crippen LogP contribution in [0.5, 0.6) is 0 Å². The lowest BCUT2D eigenvalue weighted by molar-refractivity contribution is 0.269. The third kappa shape index (κ3) is 4.27. The van der Waals surface area contributed by atoms with Crippen molar-refractivity contribution in [3.05, 3.63) is 35.9 Å². The van der Waals surface area contributed by atoms with Gasteiger partial charge >= 0.3 is 0 Å². The van der Waals surface area contributed by atoms with E-state index in [1.54, 1.807) is 15.6 Å². The predicted molar refractivity (Wildman–Crippen MR) is 62.0 cm³/mol. The van der Waals surface area contributed by atoms with Gasteiger partial charge in [0.25, 0.3) is 0 Å². The van der Waals surface area contributed by atoms with Gasteiger partial charge in [-0.1, -0.05) is 0 Å². The second kappa shape index (κ2) is 6.07. The fraction of sp³-hybridized carbons (Fsp3) is 0.455. The third-order valence-electron chi connectivity index (χ3n) is 1.93. The van der Waals surface area contributed by atoms with Crippen LogP contribution in [0, 0.1) is 13.8 Å². The van der Waals surface area contributed by atoms with E-state index < -0.39 is 0 Å². The summed E-state index contributed by atoms with van der Waals surface area (Å²) in [5, 5.41) is 16.4. The lowest BCUT2D eigenvalue weighted by Crippen LogP contribution is -2.01. The lowest BCUT2D eigenvalue weighted by atomic mass is 10.4. The minimum Gasteiger partial charge on any atom is -0.394 e. The lowest BCUT2D eigenvalue weighted by Gasteiger charge is -1.92. The van der Waals surface area contributed by atoms with Crippen LogP contribution in [-0.4, -0.2) is 31.3 Å². The molecule has 0 aromatic carbocycles. The molecular formula is C11H18N4O. The summed E-state index contributed by atoms with van der Waals surface area (Å²) in [5.41, 5.74) is 2.34. The Morgan fingerprint density at radius 3 is 2.06 bits per heavy atom. The van der Waals surface area contributed by atoms with Crippen molar-refractivity contribution in [1.29, 1.82) is 0 Å². The second-order valence-corrected chi connectivity index (χ2v) is 3.70. The van der Waals surface area contributed by atoms with Crippen LogP contribution in [0.2, 0.25) is 0 Å². The Labute approximate surface area is 95.3 Å². The Bertz CT molecular complexity index is 403. The highest BCUT2D eigenvalue weighted by Gasteiger charge is 1.89. The van der Waals surface area contributed by atoms with E-state index in [9.17, 15) is 0 Å². The Balaban J connectivity index is 0.000000165. The summed E-state index contributed by atoms with van der Waals surface area (Å²) >= 11 is 0. The normalized spacial score (nSPS) is 9.75. The first-order valence-corrected chi connectivity index (χ1v) is 5.17. The maximum Gasteiger partial charge on any atom is 0.0640 e. The molecule has 5 heteroatoms. The van der Waals surface area contributed by atoms with Gasteiger partial charge < -0.3 is 5.11 Å². The van der Waals surface area contributed by atoms with Crippen LogP contribution in [-0.2, 0) is 13.6 Å². The van der Waals surface area contributed by atoms with Crippen molar-refractivity contribution in [2.75, 3.05) is 6.61 Å². The van der Waals surface area contributed by atoms with E-state index in [4.69, 9.17) is 5.11 Å². The molecular weight excluding hydrogens is 204 g/mol. The molecule has 0 saturated heterocycles. The van der Waals surface area contributed by atoms with E-state index >= 15 is 0 Å². The Morgan fingerprint density at radius 2 is 1.75 bits per heavy atom. The quantitative estimate of drug-likeness (QED) is 0.821. The van der Waals surface area contributed by atoms with E-state index in [2.05, 4.69) is 10.2 Å². The zero-order valence-electron chi connectivity index (χ0n) is 9.96. The molecule has 2 heterocycles. The average molecular weight is 222 g/mol. The molecule has 0 bridgehead atoms. The Hall–Kier alpha value is -1.62. The van der Waals surface area contributed by atoms with Crippen molar-refractivity contribution in [1.82, 2.24) is 19.6 Å². The molecule has 88 valence electrons. The Morgan fingerprint density at radius 1 is 1.12 bits per heavy atom. The zero-order chi connectivity index (χ0) is 12.0. The number of rotatable bonds is 2. The van der Waals surface area contributed by atoms with E-state index in [-0.39, 0.29) is 6.61 Å². The van der Waals surface area contributed by atoms with Gasteiger partial charge in [0.05, 0.1) is 25.5 Å². The fourth-order valence-electron chi connectivity index (χ4n) is 1.24. The third-order valence-corrected chi connectivity index (χ3v) is 1.93. The molecule has 1 N–H and O–H groups in total. The first kappa shape index (κ1) is 12.4. The first-order chi connectivity index (χ1) is 7.61. The Kier molecular flexibility index (Phi) is 4.72. The van der Waals surface area contributed by atoms with Gasteiger partial charge in [0.1, 0.15) is 0 Å². The molecule has 5 nitrogen and oxygen atoms in total. The summed E-state index contributed by atoms with van der Waals surface area (Å²) in [7, 11) is 1.91. The maximum atomic E-state index is 8.47. The van der Waals surface area contributed by atoms with Gasteiger partial charge in [-0.05, 0) is 25.0 Å². The maximum absolute atomic E-state index is 8.47. The molecule has 2 aromatic rings. The van der Waals surface area contributed by atoms with Gasteiger partial charge in [-0.2, -0.15) is 10.2 Å². The van der Waals surface area contributed by atoms with Gasteiger partial charge in [0.15, 0.2) is 0 Å². The second-order valence-electron chi connectivity index (χ2n) is 3.70. The minimum atomic E-state index is 0.154. The van der Waals surface area contributed by atoms with Crippen LogP contribution in [0.4, 0.5) is 0 Å². The monoisotopic (exact) mass is 222 g/mol. The van der Waals surface area contributed by atoms with Crippen LogP contribution >= 0.6 is 0 Å². The van der Waals surface area contributed by atoms with Gasteiger partial charge in [-0.15, -0.1) is 0 Å². The molecule has 2 rings (SSSR count). The smallest absolute Gasteiger partial charge is 0.0640 e. The number of aliphatic hydroxyl groups is 1. The largest absolute Gasteiger partial charge is 0.394 e. The number of aliphatic hydroxyl groups excluding tert-OH is 1. The van der Waals surface area contributed by atoms with E-state index in [0.717, 1.165) is 5.56 Å². The average Bonchev–Trinajstić information content (AvgIpc) is 2.78. The summed E-state index contributed by atoms with van der Waals surface area (Å²) in [6, 6.07) is 0. The number of hydrogen-bond donors (Lipinski definition) is 1. The highest BCUT2D eigenvalue weighted by molar-refractivity contribution is 4.99. The molecule has 0 aliphatic heterocycles. The molecule has 0 spiro atoms. The summed E-state index contributed by atoms with van der Waals surface area (Å²) < 4.78 is 3.50. The molecule has 0 atom stereocenters. The highest BCUT2D eigenvalue weighted by atomic mass is 16.3. The van der Waals surface area contributed by atoms with Gasteiger partial charge in [0, 0.05) is 19.4 Å². The molecule has 16 heavy (non-hydrogen) atoms. The highest BCUT2D eigenvalue weighted by Crippen LogP contribution is 1.92. The van der Waals surface area contributed by atoms with Crippen LogP contribution in [0.25, 0.3) is 0 Å². The van der Waals surface area contributed by atoms with Gasteiger partial charge in [-0.25, -0.2) is 0 Å². The summed E-state index contributed by atoms with van der Waals surface area (Å²) in [6.45, 7) is 4.74. The molecule has 2 aromatic heterocycles. The number of nitrogens with zero attached hydrogens (tertiary/aromatic N) is 4. The van der Waals surface area contributed by atoms with Crippen LogP contribution in [0.1, 0.15) is 11.1 Å². The molecule has 0 radical (unpaired) electrons. The zero-order valence-corrected chi connectivity index (χ0v) is 9.96. The number of aryl methyl sites for hydroxylation is 3. The molecule has 0 saturated carbocycles. The standard InChI is InChI=1S/C6H10N2O.C5H8N2/c1-6-4-7-8(5-6)2-3-9;1-5-3-6-7(2)4-5/h4-5,9H,2-3H2,1H3;3-4H,1-2H3. The fourth-order valence-corrected chi connectivity index (χ4v) is 1.24. The predicted octanol–water partition coefficient (Wildman–Crippen LogP) is 0.912.